The van der Waals surface area contributed by atoms with E-state index in [1.807, 2.05) is 19.1 Å². The van der Waals surface area contributed by atoms with Gasteiger partial charge in [-0.25, -0.2) is 4.98 Å². The summed E-state index contributed by atoms with van der Waals surface area (Å²) in [6.07, 6.45) is 6.01. The summed E-state index contributed by atoms with van der Waals surface area (Å²) in [6, 6.07) is 14.1. The Bertz CT molecular complexity index is 991. The molecule has 2 aromatic heterocycles. The number of pyridine rings is 2. The lowest BCUT2D eigenvalue weighted by Crippen LogP contribution is -2.15. The van der Waals surface area contributed by atoms with Crippen LogP contribution in [-0.4, -0.2) is 28.3 Å². The minimum absolute atomic E-state index is 0.0489. The van der Waals surface area contributed by atoms with Crippen LogP contribution in [0.2, 0.25) is 0 Å². The quantitative estimate of drug-likeness (QED) is 0.462. The van der Waals surface area contributed by atoms with Gasteiger partial charge in [0.15, 0.2) is 17.4 Å². The number of hydrogen-bond donors (Lipinski definition) is 1. The first-order chi connectivity index (χ1) is 15.2. The van der Waals surface area contributed by atoms with E-state index in [2.05, 4.69) is 15.3 Å². The fraction of sp³-hybridized carbons (Fsp3) is 0.250. The summed E-state index contributed by atoms with van der Waals surface area (Å²) >= 11 is 0. The summed E-state index contributed by atoms with van der Waals surface area (Å²) in [4.78, 5) is 32.9. The number of ether oxygens (including phenoxy) is 2. The van der Waals surface area contributed by atoms with E-state index in [9.17, 15) is 9.59 Å². The Hall–Kier alpha value is -3.74. The standard InChI is InChI=1S/C24H25N3O4/c1-2-16-30-20-7-5-19(6-8-20)21(28)9-10-23(29)27-24-22(4-3-13-26-24)31-17-18-11-14-25-15-12-18/h3-8,11-15H,2,9-10,16-17H2,1H3,(H,26,27,29). The molecule has 1 N–H and O–H groups in total. The summed E-state index contributed by atoms with van der Waals surface area (Å²) in [5.41, 5.74) is 1.50. The predicted octanol–water partition coefficient (Wildman–Crippen LogP) is 4.45. The monoisotopic (exact) mass is 419 g/mol. The third-order valence-corrected chi connectivity index (χ3v) is 4.40. The van der Waals surface area contributed by atoms with Gasteiger partial charge in [-0.2, -0.15) is 0 Å². The SMILES string of the molecule is CCCOc1ccc(C(=O)CCC(=O)Nc2ncccc2OCc2ccncc2)cc1. The molecule has 0 aliphatic heterocycles. The third-order valence-electron chi connectivity index (χ3n) is 4.40. The number of nitrogens with zero attached hydrogens (tertiary/aromatic N) is 2. The number of benzene rings is 1. The number of nitrogens with one attached hydrogen (secondary N) is 1. The second kappa shape index (κ2) is 11.4. The van der Waals surface area contributed by atoms with Crippen molar-refractivity contribution in [1.82, 2.24) is 9.97 Å². The van der Waals surface area contributed by atoms with Gasteiger partial charge in [-0.15, -0.1) is 0 Å². The molecule has 7 heteroatoms. The van der Waals surface area contributed by atoms with Crippen molar-refractivity contribution in [1.29, 1.82) is 0 Å². The molecular weight excluding hydrogens is 394 g/mol. The minimum atomic E-state index is -0.302. The molecule has 7 nitrogen and oxygen atoms in total. The Morgan fingerprint density at radius 1 is 0.935 bits per heavy atom. The van der Waals surface area contributed by atoms with Crippen LogP contribution in [0.5, 0.6) is 11.5 Å². The lowest BCUT2D eigenvalue weighted by Gasteiger charge is -2.11. The van der Waals surface area contributed by atoms with Crippen LogP contribution in [0.4, 0.5) is 5.82 Å². The van der Waals surface area contributed by atoms with Crippen LogP contribution in [0.15, 0.2) is 67.1 Å². The van der Waals surface area contributed by atoms with Gasteiger partial charge in [-0.05, 0) is 60.5 Å². The maximum absolute atomic E-state index is 12.4. The van der Waals surface area contributed by atoms with Crippen LogP contribution in [0.1, 0.15) is 42.1 Å². The molecule has 1 amide bonds. The van der Waals surface area contributed by atoms with Crippen molar-refractivity contribution in [3.8, 4) is 11.5 Å². The van der Waals surface area contributed by atoms with Crippen molar-refractivity contribution < 1.29 is 19.1 Å². The van der Waals surface area contributed by atoms with Gasteiger partial charge in [-0.1, -0.05) is 6.92 Å². The second-order valence-electron chi connectivity index (χ2n) is 6.84. The van der Waals surface area contributed by atoms with Gasteiger partial charge in [0.1, 0.15) is 12.4 Å². The summed E-state index contributed by atoms with van der Waals surface area (Å²) in [6.45, 7) is 2.99. The number of amides is 1. The van der Waals surface area contributed by atoms with Gasteiger partial charge in [-0.3, -0.25) is 14.6 Å². The van der Waals surface area contributed by atoms with Gasteiger partial charge < -0.3 is 14.8 Å². The lowest BCUT2D eigenvalue weighted by molar-refractivity contribution is -0.116. The molecule has 0 fully saturated rings. The van der Waals surface area contributed by atoms with E-state index in [4.69, 9.17) is 9.47 Å². The molecule has 31 heavy (non-hydrogen) atoms. The average molecular weight is 419 g/mol. The molecule has 160 valence electrons. The minimum Gasteiger partial charge on any atom is -0.494 e. The Labute approximate surface area is 181 Å². The van der Waals surface area contributed by atoms with E-state index >= 15 is 0 Å². The number of rotatable bonds is 11. The highest BCUT2D eigenvalue weighted by Gasteiger charge is 2.13. The van der Waals surface area contributed by atoms with Crippen molar-refractivity contribution in [3.05, 3.63) is 78.2 Å². The summed E-state index contributed by atoms with van der Waals surface area (Å²) < 4.78 is 11.3. The Kier molecular flexibility index (Phi) is 8.11. The molecule has 0 aliphatic carbocycles. The number of hydrogen-bond acceptors (Lipinski definition) is 6. The first-order valence-electron chi connectivity index (χ1n) is 10.2. The summed E-state index contributed by atoms with van der Waals surface area (Å²) in [5.74, 6) is 1.11. The number of aromatic nitrogens is 2. The Morgan fingerprint density at radius 2 is 1.71 bits per heavy atom. The second-order valence-corrected chi connectivity index (χ2v) is 6.84. The normalized spacial score (nSPS) is 10.4. The van der Waals surface area contributed by atoms with E-state index in [-0.39, 0.29) is 24.5 Å². The van der Waals surface area contributed by atoms with Gasteiger partial charge in [0.05, 0.1) is 6.61 Å². The largest absolute Gasteiger partial charge is 0.494 e. The lowest BCUT2D eigenvalue weighted by atomic mass is 10.1. The molecule has 0 saturated heterocycles. The molecule has 2 heterocycles. The van der Waals surface area contributed by atoms with Gasteiger partial charge in [0.2, 0.25) is 5.91 Å². The predicted molar refractivity (Wildman–Crippen MR) is 117 cm³/mol. The van der Waals surface area contributed by atoms with Crippen LogP contribution in [0.25, 0.3) is 0 Å². The van der Waals surface area contributed by atoms with Gasteiger partial charge in [0.25, 0.3) is 0 Å². The molecule has 3 rings (SSSR count). The van der Waals surface area contributed by atoms with Crippen LogP contribution < -0.4 is 14.8 Å². The topological polar surface area (TPSA) is 90.4 Å². The van der Waals surface area contributed by atoms with E-state index in [0.29, 0.717) is 30.3 Å². The maximum atomic E-state index is 12.4. The van der Waals surface area contributed by atoms with Crippen LogP contribution >= 0.6 is 0 Å². The maximum Gasteiger partial charge on any atom is 0.226 e. The zero-order valence-corrected chi connectivity index (χ0v) is 17.4. The average Bonchev–Trinajstić information content (AvgIpc) is 2.81. The molecule has 1 aromatic carbocycles. The molecule has 0 spiro atoms. The van der Waals surface area contributed by atoms with Crippen LogP contribution in [0.3, 0.4) is 0 Å². The molecule has 0 unspecified atom stereocenters. The number of ketones is 1. The fourth-order valence-corrected chi connectivity index (χ4v) is 2.76. The zero-order chi connectivity index (χ0) is 21.9. The van der Waals surface area contributed by atoms with Crippen molar-refractivity contribution in [2.45, 2.75) is 32.8 Å². The number of carbonyl (C=O) groups excluding carboxylic acids is 2. The Balaban J connectivity index is 1.51. The van der Waals surface area contributed by atoms with Crippen molar-refractivity contribution in [2.75, 3.05) is 11.9 Å². The van der Waals surface area contributed by atoms with Crippen molar-refractivity contribution in [3.63, 3.8) is 0 Å². The summed E-state index contributed by atoms with van der Waals surface area (Å²) in [5, 5.41) is 2.73. The van der Waals surface area contributed by atoms with Gasteiger partial charge >= 0.3 is 0 Å². The van der Waals surface area contributed by atoms with E-state index in [1.54, 1.807) is 55.0 Å². The third kappa shape index (κ3) is 6.92. The van der Waals surface area contributed by atoms with E-state index in [0.717, 1.165) is 17.7 Å². The molecule has 0 bridgehead atoms. The number of anilines is 1. The molecule has 0 saturated carbocycles. The van der Waals surface area contributed by atoms with Crippen molar-refractivity contribution >= 4 is 17.5 Å². The fourth-order valence-electron chi connectivity index (χ4n) is 2.76. The number of carbonyl (C=O) groups is 2. The number of Topliss-reactive ketones (excluding diaryl/α,β-unsaturated/α-hetero) is 1. The first kappa shape index (κ1) is 22.0. The molecular formula is C24H25N3O4. The van der Waals surface area contributed by atoms with Crippen molar-refractivity contribution in [2.24, 2.45) is 0 Å². The highest BCUT2D eigenvalue weighted by molar-refractivity contribution is 6.00. The highest BCUT2D eigenvalue weighted by atomic mass is 16.5. The van der Waals surface area contributed by atoms with Gasteiger partial charge in [0, 0.05) is 37.0 Å². The highest BCUT2D eigenvalue weighted by Crippen LogP contribution is 2.22. The molecule has 0 aliphatic rings. The van der Waals surface area contributed by atoms with Crippen LogP contribution in [-0.2, 0) is 11.4 Å². The smallest absolute Gasteiger partial charge is 0.226 e. The van der Waals surface area contributed by atoms with Crippen LogP contribution in [0, 0.1) is 0 Å². The molecule has 3 aromatic rings. The first-order valence-corrected chi connectivity index (χ1v) is 10.2. The zero-order valence-electron chi connectivity index (χ0n) is 17.4. The van der Waals surface area contributed by atoms with E-state index < -0.39 is 0 Å². The molecule has 0 atom stereocenters. The Morgan fingerprint density at radius 3 is 2.45 bits per heavy atom. The van der Waals surface area contributed by atoms with E-state index in [1.165, 1.54) is 0 Å². The summed E-state index contributed by atoms with van der Waals surface area (Å²) in [7, 11) is 0. The molecule has 0 radical (unpaired) electrons.